The van der Waals surface area contributed by atoms with Crippen LogP contribution in [0.2, 0.25) is 0 Å². The minimum Gasteiger partial charge on any atom is -0.328 e. The molecule has 2 aromatic heterocycles. The summed E-state index contributed by atoms with van der Waals surface area (Å²) in [7, 11) is 3.37. The average molecular weight is 317 g/mol. The first kappa shape index (κ1) is 15.3. The highest BCUT2D eigenvalue weighted by Gasteiger charge is 2.15. The molecule has 0 N–H and O–H groups in total. The lowest BCUT2D eigenvalue weighted by Gasteiger charge is -2.08. The van der Waals surface area contributed by atoms with Crippen molar-refractivity contribution in [3.63, 3.8) is 0 Å². The van der Waals surface area contributed by atoms with E-state index in [4.69, 9.17) is 0 Å². The maximum Gasteiger partial charge on any atom is 0.332 e. The lowest BCUT2D eigenvalue weighted by Crippen LogP contribution is -2.39. The number of azo groups is 1. The molecule has 2 aromatic rings. The van der Waals surface area contributed by atoms with Crippen molar-refractivity contribution in [1.82, 2.24) is 18.7 Å². The molecule has 1 aliphatic rings. The van der Waals surface area contributed by atoms with Crippen LogP contribution in [0.25, 0.3) is 11.2 Å². The monoisotopic (exact) mass is 317 g/mol. The van der Waals surface area contributed by atoms with Crippen molar-refractivity contribution in [1.29, 1.82) is 0 Å². The van der Waals surface area contributed by atoms with Gasteiger partial charge in [0.1, 0.15) is 5.84 Å². The predicted octanol–water partition coefficient (Wildman–Crippen LogP) is 0.814. The molecule has 122 valence electrons. The van der Waals surface area contributed by atoms with E-state index in [0.717, 1.165) is 12.3 Å². The minimum absolute atomic E-state index is 0.0906. The van der Waals surface area contributed by atoms with Gasteiger partial charge in [-0.05, 0) is 19.8 Å². The Balaban J connectivity index is 1.77. The molecule has 0 radical (unpaired) electrons. The summed E-state index contributed by atoms with van der Waals surface area (Å²) >= 11 is 0. The van der Waals surface area contributed by atoms with Crippen LogP contribution in [0.4, 0.5) is 0 Å². The second-order valence-corrected chi connectivity index (χ2v) is 5.68. The second kappa shape index (κ2) is 5.90. The van der Waals surface area contributed by atoms with Crippen LogP contribution < -0.4 is 11.2 Å². The lowest BCUT2D eigenvalue weighted by molar-refractivity contribution is 0.558. The topological polar surface area (TPSA) is 98.9 Å². The van der Waals surface area contributed by atoms with Crippen molar-refractivity contribution in [3.8, 4) is 0 Å². The maximum atomic E-state index is 12.5. The normalized spacial score (nSPS) is 17.2. The van der Waals surface area contributed by atoms with Crippen LogP contribution >= 0.6 is 0 Å². The third-order valence-corrected chi connectivity index (χ3v) is 3.91. The van der Waals surface area contributed by atoms with Crippen molar-refractivity contribution in [3.05, 3.63) is 27.2 Å². The molecule has 9 nitrogen and oxygen atoms in total. The van der Waals surface area contributed by atoms with E-state index in [2.05, 4.69) is 20.2 Å². The maximum absolute atomic E-state index is 12.5. The van der Waals surface area contributed by atoms with Gasteiger partial charge in [0.25, 0.3) is 5.56 Å². The van der Waals surface area contributed by atoms with Crippen LogP contribution in [0.5, 0.6) is 0 Å². The van der Waals surface area contributed by atoms with Crippen molar-refractivity contribution in [2.75, 3.05) is 0 Å². The van der Waals surface area contributed by atoms with Crippen LogP contribution in [0.3, 0.4) is 0 Å². The third kappa shape index (κ3) is 2.73. The van der Waals surface area contributed by atoms with Gasteiger partial charge in [-0.3, -0.25) is 13.9 Å². The number of unbranched alkanes of at least 4 members (excludes halogenated alkanes) is 1. The Bertz CT molecular complexity index is 916. The number of rotatable bonds is 5. The Labute approximate surface area is 132 Å². The Morgan fingerprint density at radius 3 is 2.70 bits per heavy atom. The highest BCUT2D eigenvalue weighted by atomic mass is 16.2. The van der Waals surface area contributed by atoms with Crippen molar-refractivity contribution >= 4 is 17.0 Å². The van der Waals surface area contributed by atoms with Crippen LogP contribution in [0.15, 0.2) is 31.1 Å². The molecule has 3 rings (SSSR count). The number of nitrogens with zero attached hydrogens (tertiary/aromatic N) is 7. The summed E-state index contributed by atoms with van der Waals surface area (Å²) in [5.74, 6) is 0.736. The van der Waals surface area contributed by atoms with Crippen LogP contribution in [0.1, 0.15) is 26.2 Å². The predicted molar refractivity (Wildman–Crippen MR) is 85.8 cm³/mol. The minimum atomic E-state index is -0.340. The first-order valence-electron chi connectivity index (χ1n) is 7.57. The molecule has 9 heteroatoms. The van der Waals surface area contributed by atoms with Gasteiger partial charge in [0.15, 0.2) is 17.3 Å². The molecular weight excluding hydrogens is 298 g/mol. The van der Waals surface area contributed by atoms with Gasteiger partial charge in [0.05, 0.1) is 6.33 Å². The van der Waals surface area contributed by atoms with Gasteiger partial charge < -0.3 is 4.57 Å². The number of amidine groups is 1. The highest BCUT2D eigenvalue weighted by Crippen LogP contribution is 2.10. The van der Waals surface area contributed by atoms with Crippen molar-refractivity contribution in [2.24, 2.45) is 29.3 Å². The fourth-order valence-electron chi connectivity index (χ4n) is 2.68. The largest absolute Gasteiger partial charge is 0.332 e. The summed E-state index contributed by atoms with van der Waals surface area (Å²) in [6.07, 6.45) is 3.65. The quantitative estimate of drug-likeness (QED) is 0.763. The van der Waals surface area contributed by atoms with E-state index in [1.54, 1.807) is 25.0 Å². The summed E-state index contributed by atoms with van der Waals surface area (Å²) in [5, 5.41) is 7.92. The first-order valence-corrected chi connectivity index (χ1v) is 7.57. The number of aliphatic imine (C=N–C) groups is 1. The Kier molecular flexibility index (Phi) is 3.93. The summed E-state index contributed by atoms with van der Waals surface area (Å²) in [4.78, 5) is 33.2. The molecule has 1 unspecified atom stereocenters. The molecule has 0 spiro atoms. The molecule has 0 aliphatic carbocycles. The molecule has 23 heavy (non-hydrogen) atoms. The fraction of sp³-hybridized carbons (Fsp3) is 0.571. The van der Waals surface area contributed by atoms with E-state index >= 15 is 0 Å². The van der Waals surface area contributed by atoms with Gasteiger partial charge in [-0.2, -0.15) is 5.11 Å². The molecule has 0 fully saturated rings. The highest BCUT2D eigenvalue weighted by molar-refractivity contribution is 5.83. The number of fused-ring (bicyclic) bond motifs is 1. The SMILES string of the molecule is CC1N=NC(CCCCn2c(=O)c3c(ncn3C)n(C)c2=O)=N1. The van der Waals surface area contributed by atoms with Crippen LogP contribution in [-0.4, -0.2) is 30.7 Å². The number of hydrogen-bond acceptors (Lipinski definition) is 6. The molecule has 1 atom stereocenters. The number of hydrogen-bond donors (Lipinski definition) is 0. The van der Waals surface area contributed by atoms with Gasteiger partial charge in [-0.15, -0.1) is 5.11 Å². The molecule has 3 heterocycles. The van der Waals surface area contributed by atoms with Gasteiger partial charge >= 0.3 is 5.69 Å². The summed E-state index contributed by atoms with van der Waals surface area (Å²) in [6.45, 7) is 2.25. The number of aromatic nitrogens is 4. The van der Waals surface area contributed by atoms with Crippen molar-refractivity contribution in [2.45, 2.75) is 38.9 Å². The first-order chi connectivity index (χ1) is 11.0. The molecule has 0 saturated carbocycles. The number of imidazole rings is 1. The van der Waals surface area contributed by atoms with E-state index in [-0.39, 0.29) is 17.4 Å². The third-order valence-electron chi connectivity index (χ3n) is 3.91. The second-order valence-electron chi connectivity index (χ2n) is 5.68. The van der Waals surface area contributed by atoms with E-state index in [9.17, 15) is 9.59 Å². The van der Waals surface area contributed by atoms with E-state index < -0.39 is 0 Å². The lowest BCUT2D eigenvalue weighted by atomic mass is 10.2. The summed E-state index contributed by atoms with van der Waals surface area (Å²) < 4.78 is 4.32. The standard InChI is InChI=1S/C14H19N7O2/c1-9-16-10(18-17-9)6-4-5-7-21-13(22)11-12(15-8-19(11)2)20(3)14(21)23/h8-9H,4-7H2,1-3H3. The summed E-state index contributed by atoms with van der Waals surface area (Å²) in [6, 6.07) is 0. The molecular formula is C14H19N7O2. The Hall–Kier alpha value is -2.58. The molecule has 0 aromatic carbocycles. The van der Waals surface area contributed by atoms with Crippen molar-refractivity contribution < 1.29 is 0 Å². The average Bonchev–Trinajstić information content (AvgIpc) is 3.10. The van der Waals surface area contributed by atoms with E-state index in [1.165, 1.54) is 9.13 Å². The van der Waals surface area contributed by atoms with E-state index in [0.29, 0.717) is 30.6 Å². The molecule has 0 bridgehead atoms. The van der Waals surface area contributed by atoms with Gasteiger partial charge in [0.2, 0.25) is 0 Å². The zero-order valence-electron chi connectivity index (χ0n) is 13.4. The van der Waals surface area contributed by atoms with E-state index in [1.807, 2.05) is 6.92 Å². The smallest absolute Gasteiger partial charge is 0.328 e. The zero-order valence-corrected chi connectivity index (χ0v) is 13.4. The van der Waals surface area contributed by atoms with Gasteiger partial charge in [0, 0.05) is 27.1 Å². The fourth-order valence-corrected chi connectivity index (χ4v) is 2.68. The number of aryl methyl sites for hydroxylation is 2. The summed E-state index contributed by atoms with van der Waals surface area (Å²) in [5.41, 5.74) is 0.214. The zero-order chi connectivity index (χ0) is 16.6. The van der Waals surface area contributed by atoms with Crippen LogP contribution in [-0.2, 0) is 20.6 Å². The molecule has 0 saturated heterocycles. The van der Waals surface area contributed by atoms with Gasteiger partial charge in [-0.1, -0.05) is 0 Å². The Morgan fingerprint density at radius 1 is 1.22 bits per heavy atom. The molecule has 0 amide bonds. The molecule has 1 aliphatic heterocycles. The van der Waals surface area contributed by atoms with Crippen LogP contribution in [0, 0.1) is 0 Å². The Morgan fingerprint density at radius 2 is 2.00 bits per heavy atom. The van der Waals surface area contributed by atoms with Gasteiger partial charge in [-0.25, -0.2) is 14.8 Å².